The maximum atomic E-state index is 13.4. The second-order valence-electron chi connectivity index (χ2n) is 5.48. The Hall–Kier alpha value is -1.79. The van der Waals surface area contributed by atoms with Crippen LogP contribution in [0.1, 0.15) is 12.8 Å². The van der Waals surface area contributed by atoms with Crippen molar-refractivity contribution in [1.29, 1.82) is 0 Å². The zero-order valence-corrected chi connectivity index (χ0v) is 11.7. The predicted octanol–water partition coefficient (Wildman–Crippen LogP) is 0.992. The molecule has 0 unspecified atom stereocenters. The number of rotatable bonds is 3. The number of pyridine rings is 2. The molecule has 1 atom stereocenters. The van der Waals surface area contributed by atoms with E-state index in [1.54, 1.807) is 10.6 Å². The molecule has 2 aromatic heterocycles. The van der Waals surface area contributed by atoms with Crippen molar-refractivity contribution >= 4 is 11.0 Å². The molecule has 1 N–H and O–H groups in total. The lowest BCUT2D eigenvalue weighted by Crippen LogP contribution is -2.40. The molecule has 0 radical (unpaired) electrons. The average molecular weight is 291 g/mol. The molecule has 0 aliphatic carbocycles. The number of fused-ring (bicyclic) bond motifs is 1. The van der Waals surface area contributed by atoms with E-state index in [0.29, 0.717) is 30.7 Å². The normalized spacial score (nSPS) is 20.0. The summed E-state index contributed by atoms with van der Waals surface area (Å²) in [6, 6.07) is 4.41. The number of aromatic nitrogens is 2. The molecule has 3 rings (SSSR count). The van der Waals surface area contributed by atoms with Crippen LogP contribution in [0.25, 0.3) is 11.0 Å². The number of likely N-dealkylation sites (tertiary alicyclic amines) is 1. The molecule has 1 fully saturated rings. The van der Waals surface area contributed by atoms with Crippen LogP contribution in [0.15, 0.2) is 29.2 Å². The Morgan fingerprint density at radius 2 is 2.24 bits per heavy atom. The monoisotopic (exact) mass is 291 g/mol. The molecule has 0 bridgehead atoms. The summed E-state index contributed by atoms with van der Waals surface area (Å²) in [6.07, 6.45) is 2.65. The molecule has 112 valence electrons. The molecular formula is C15H18FN3O2. The summed E-state index contributed by atoms with van der Waals surface area (Å²) < 4.78 is 14.9. The first-order valence-electron chi connectivity index (χ1n) is 7.19. The molecular weight excluding hydrogens is 273 g/mol. The first-order chi connectivity index (χ1) is 10.1. The summed E-state index contributed by atoms with van der Waals surface area (Å²) in [5, 5.41) is 9.67. The Kier molecular flexibility index (Phi) is 3.98. The van der Waals surface area contributed by atoms with Gasteiger partial charge in [-0.3, -0.25) is 14.7 Å². The first kappa shape index (κ1) is 14.2. The predicted molar refractivity (Wildman–Crippen MR) is 77.6 cm³/mol. The van der Waals surface area contributed by atoms with Crippen molar-refractivity contribution in [2.45, 2.75) is 25.5 Å². The molecule has 21 heavy (non-hydrogen) atoms. The van der Waals surface area contributed by atoms with E-state index in [4.69, 9.17) is 0 Å². The van der Waals surface area contributed by atoms with Crippen molar-refractivity contribution in [3.05, 3.63) is 40.6 Å². The van der Waals surface area contributed by atoms with Gasteiger partial charge in [-0.1, -0.05) is 0 Å². The summed E-state index contributed by atoms with van der Waals surface area (Å²) in [7, 11) is 0. The number of piperidine rings is 1. The number of hydrogen-bond acceptors (Lipinski definition) is 4. The fourth-order valence-corrected chi connectivity index (χ4v) is 2.85. The van der Waals surface area contributed by atoms with Gasteiger partial charge in [0.1, 0.15) is 5.82 Å². The van der Waals surface area contributed by atoms with E-state index in [1.807, 2.05) is 0 Å². The van der Waals surface area contributed by atoms with E-state index in [1.165, 1.54) is 12.1 Å². The highest BCUT2D eigenvalue weighted by molar-refractivity contribution is 5.74. The Bertz CT molecular complexity index is 701. The minimum atomic E-state index is -0.449. The third kappa shape index (κ3) is 3.11. The van der Waals surface area contributed by atoms with Gasteiger partial charge in [-0.05, 0) is 25.5 Å². The first-order valence-corrected chi connectivity index (χ1v) is 7.19. The summed E-state index contributed by atoms with van der Waals surface area (Å²) in [5.41, 5.74) is 0.960. The van der Waals surface area contributed by atoms with Crippen LogP contribution in [0.3, 0.4) is 0 Å². The van der Waals surface area contributed by atoms with Crippen LogP contribution < -0.4 is 5.56 Å². The van der Waals surface area contributed by atoms with Crippen molar-refractivity contribution in [3.63, 3.8) is 0 Å². The van der Waals surface area contributed by atoms with E-state index >= 15 is 0 Å². The van der Waals surface area contributed by atoms with Crippen LogP contribution in [0.4, 0.5) is 4.39 Å². The molecule has 0 saturated carbocycles. The van der Waals surface area contributed by atoms with Gasteiger partial charge in [0.15, 0.2) is 0 Å². The van der Waals surface area contributed by atoms with Gasteiger partial charge in [0, 0.05) is 31.8 Å². The van der Waals surface area contributed by atoms with Crippen molar-refractivity contribution in [2.24, 2.45) is 0 Å². The molecule has 6 heteroatoms. The van der Waals surface area contributed by atoms with E-state index in [9.17, 15) is 14.3 Å². The maximum Gasteiger partial charge on any atom is 0.251 e. The third-order valence-corrected chi connectivity index (χ3v) is 3.93. The van der Waals surface area contributed by atoms with Crippen LogP contribution in [-0.4, -0.2) is 45.3 Å². The molecule has 3 heterocycles. The maximum absolute atomic E-state index is 13.4. The van der Waals surface area contributed by atoms with Gasteiger partial charge < -0.3 is 9.67 Å². The van der Waals surface area contributed by atoms with E-state index in [0.717, 1.165) is 25.6 Å². The number of aliphatic hydroxyl groups excluding tert-OH is 1. The molecule has 0 spiro atoms. The summed E-state index contributed by atoms with van der Waals surface area (Å²) >= 11 is 0. The fraction of sp³-hybridized carbons (Fsp3) is 0.467. The van der Waals surface area contributed by atoms with Crippen molar-refractivity contribution in [1.82, 2.24) is 14.5 Å². The number of aliphatic hydroxyl groups is 1. The van der Waals surface area contributed by atoms with Gasteiger partial charge in [-0.2, -0.15) is 0 Å². The summed E-state index contributed by atoms with van der Waals surface area (Å²) in [5.74, 6) is -0.449. The average Bonchev–Trinajstić information content (AvgIpc) is 2.46. The number of hydrogen-bond donors (Lipinski definition) is 1. The molecule has 0 aromatic carbocycles. The van der Waals surface area contributed by atoms with Gasteiger partial charge in [-0.15, -0.1) is 0 Å². The molecule has 2 aromatic rings. The van der Waals surface area contributed by atoms with Crippen LogP contribution in [0.2, 0.25) is 0 Å². The van der Waals surface area contributed by atoms with E-state index < -0.39 is 5.82 Å². The van der Waals surface area contributed by atoms with E-state index in [2.05, 4.69) is 9.88 Å². The van der Waals surface area contributed by atoms with Crippen LogP contribution >= 0.6 is 0 Å². The van der Waals surface area contributed by atoms with Gasteiger partial charge in [-0.25, -0.2) is 4.39 Å². The van der Waals surface area contributed by atoms with Crippen molar-refractivity contribution < 1.29 is 9.50 Å². The molecule has 1 aliphatic heterocycles. The highest BCUT2D eigenvalue weighted by Crippen LogP contribution is 2.12. The standard InChI is InChI=1S/C15H18FN3O2/c16-11-8-14-13(17-9-11)3-4-15(21)19(14)7-6-18-5-1-2-12(20)10-18/h3-4,8-9,12,20H,1-2,5-7,10H2/t12-/m1/s1. The minimum Gasteiger partial charge on any atom is -0.392 e. The molecule has 5 nitrogen and oxygen atoms in total. The molecule has 1 aliphatic rings. The smallest absolute Gasteiger partial charge is 0.251 e. The third-order valence-electron chi connectivity index (χ3n) is 3.93. The highest BCUT2D eigenvalue weighted by atomic mass is 19.1. The summed E-state index contributed by atoms with van der Waals surface area (Å²) in [6.45, 7) is 2.68. The SMILES string of the molecule is O=c1ccc2ncc(F)cc2n1CCN1CCC[C@@H](O)C1. The molecule has 0 amide bonds. The van der Waals surface area contributed by atoms with Crippen LogP contribution in [0.5, 0.6) is 0 Å². The van der Waals surface area contributed by atoms with Crippen molar-refractivity contribution in [3.8, 4) is 0 Å². The second-order valence-corrected chi connectivity index (χ2v) is 5.48. The van der Waals surface area contributed by atoms with Gasteiger partial charge in [0.2, 0.25) is 0 Å². The van der Waals surface area contributed by atoms with E-state index in [-0.39, 0.29) is 11.7 Å². The highest BCUT2D eigenvalue weighted by Gasteiger charge is 2.17. The fourth-order valence-electron chi connectivity index (χ4n) is 2.85. The summed E-state index contributed by atoms with van der Waals surface area (Å²) in [4.78, 5) is 18.2. The molecule has 1 saturated heterocycles. The Morgan fingerprint density at radius 3 is 3.05 bits per heavy atom. The number of halogens is 1. The zero-order valence-electron chi connectivity index (χ0n) is 11.7. The van der Waals surface area contributed by atoms with Gasteiger partial charge in [0.05, 0.1) is 23.3 Å². The minimum absolute atomic E-state index is 0.160. The van der Waals surface area contributed by atoms with Gasteiger partial charge >= 0.3 is 0 Å². The lowest BCUT2D eigenvalue weighted by Gasteiger charge is -2.30. The van der Waals surface area contributed by atoms with Gasteiger partial charge in [0.25, 0.3) is 5.56 Å². The lowest BCUT2D eigenvalue weighted by molar-refractivity contribution is 0.0690. The number of nitrogens with zero attached hydrogens (tertiary/aromatic N) is 3. The zero-order chi connectivity index (χ0) is 14.8. The number of β-amino-alcohol motifs (C(OH)–C–C–N with tert-alkyl or cyclic N) is 1. The van der Waals surface area contributed by atoms with Crippen LogP contribution in [-0.2, 0) is 6.54 Å². The quantitative estimate of drug-likeness (QED) is 0.916. The topological polar surface area (TPSA) is 58.4 Å². The Balaban J connectivity index is 1.84. The van der Waals surface area contributed by atoms with Crippen LogP contribution in [0, 0.1) is 5.82 Å². The Morgan fingerprint density at radius 1 is 1.38 bits per heavy atom. The lowest BCUT2D eigenvalue weighted by atomic mass is 10.1. The van der Waals surface area contributed by atoms with Crippen molar-refractivity contribution in [2.75, 3.05) is 19.6 Å². The Labute approximate surface area is 121 Å². The second kappa shape index (κ2) is 5.91. The largest absolute Gasteiger partial charge is 0.392 e.